The van der Waals surface area contributed by atoms with Crippen molar-refractivity contribution in [1.29, 1.82) is 0 Å². The molecule has 0 aromatic heterocycles. The molecule has 3 fully saturated rings. The lowest BCUT2D eigenvalue weighted by Gasteiger charge is -2.43. The summed E-state index contributed by atoms with van der Waals surface area (Å²) < 4.78 is 32.5. The van der Waals surface area contributed by atoms with Crippen LogP contribution in [-0.4, -0.2) is 168 Å². The molecule has 1 aromatic carbocycles. The van der Waals surface area contributed by atoms with Gasteiger partial charge in [-0.1, -0.05) is 0 Å². The third kappa shape index (κ3) is 7.39. The topological polar surface area (TPSA) is 301 Å². The average Bonchev–Trinajstić information content (AvgIpc) is 2.99. The number of nitrogens with zero attached hydrogens (tertiary/aromatic N) is 1. The molecule has 3 aliphatic rings. The van der Waals surface area contributed by atoms with Gasteiger partial charge in [-0.2, -0.15) is 0 Å². The minimum Gasteiger partial charge on any atom is -0.462 e. The quantitative estimate of drug-likeness (QED) is 0.0856. The van der Waals surface area contributed by atoms with E-state index in [-0.39, 0.29) is 11.4 Å². The lowest BCUT2D eigenvalue weighted by Crippen LogP contribution is -2.63. The normalized spacial score (nSPS) is 43.7. The van der Waals surface area contributed by atoms with Crippen LogP contribution in [0.15, 0.2) is 24.3 Å². The van der Waals surface area contributed by atoms with Crippen molar-refractivity contribution in [2.45, 2.75) is 92.1 Å². The van der Waals surface area contributed by atoms with Crippen molar-refractivity contribution in [2.75, 3.05) is 19.8 Å². The molecule has 0 saturated carbocycles. The van der Waals surface area contributed by atoms with Gasteiger partial charge < -0.3 is 79.5 Å². The van der Waals surface area contributed by atoms with Gasteiger partial charge in [0.2, 0.25) is 6.29 Å². The third-order valence-electron chi connectivity index (χ3n) is 7.33. The molecule has 0 radical (unpaired) electrons. The minimum atomic E-state index is -1.84. The third-order valence-corrected chi connectivity index (χ3v) is 7.33. The molecule has 3 saturated heterocycles. The van der Waals surface area contributed by atoms with Crippen LogP contribution in [0.3, 0.4) is 0 Å². The van der Waals surface area contributed by atoms with E-state index in [0.717, 1.165) is 12.1 Å². The second kappa shape index (κ2) is 14.3. The van der Waals surface area contributed by atoms with Crippen molar-refractivity contribution in [2.24, 2.45) is 0 Å². The van der Waals surface area contributed by atoms with Crippen LogP contribution in [0, 0.1) is 10.1 Å². The van der Waals surface area contributed by atoms with Crippen molar-refractivity contribution in [3.8, 4) is 5.75 Å². The summed E-state index contributed by atoms with van der Waals surface area (Å²) in [4.78, 5) is 10.2. The summed E-state index contributed by atoms with van der Waals surface area (Å²) in [5, 5.41) is 112. The predicted molar refractivity (Wildman–Crippen MR) is 133 cm³/mol. The molecule has 0 amide bonds. The van der Waals surface area contributed by atoms with Gasteiger partial charge in [0.15, 0.2) is 12.6 Å². The maximum Gasteiger partial charge on any atom is 0.269 e. The molecule has 15 atom stereocenters. The summed E-state index contributed by atoms with van der Waals surface area (Å²) in [7, 11) is 0. The van der Waals surface area contributed by atoms with Crippen LogP contribution in [0.2, 0.25) is 0 Å². The number of aliphatic hydroxyl groups is 10. The highest BCUT2D eigenvalue weighted by Crippen LogP contribution is 2.29. The Balaban J connectivity index is 1.36. The van der Waals surface area contributed by atoms with Crippen LogP contribution in [0.25, 0.3) is 0 Å². The van der Waals surface area contributed by atoms with E-state index in [4.69, 9.17) is 28.4 Å². The van der Waals surface area contributed by atoms with E-state index in [9.17, 15) is 61.2 Å². The average molecular weight is 626 g/mol. The first kappa shape index (κ1) is 33.7. The second-order valence-corrected chi connectivity index (χ2v) is 10.3. The fourth-order valence-electron chi connectivity index (χ4n) is 4.71. The van der Waals surface area contributed by atoms with Crippen LogP contribution in [0.4, 0.5) is 5.69 Å². The number of hydrogen-bond acceptors (Lipinski definition) is 18. The van der Waals surface area contributed by atoms with Crippen LogP contribution < -0.4 is 4.74 Å². The van der Waals surface area contributed by atoms with E-state index in [2.05, 4.69) is 0 Å². The Labute approximate surface area is 242 Å². The zero-order valence-corrected chi connectivity index (χ0v) is 22.3. The Morgan fingerprint density at radius 2 is 1.00 bits per heavy atom. The van der Waals surface area contributed by atoms with E-state index in [1.807, 2.05) is 0 Å². The number of rotatable bonds is 10. The summed E-state index contributed by atoms with van der Waals surface area (Å²) in [6.45, 7) is -1.93. The van der Waals surface area contributed by atoms with Gasteiger partial charge in [-0.25, -0.2) is 0 Å². The monoisotopic (exact) mass is 625 g/mol. The summed E-state index contributed by atoms with van der Waals surface area (Å²) >= 11 is 0. The number of non-ortho nitro benzene ring substituents is 1. The molecule has 0 unspecified atom stereocenters. The van der Waals surface area contributed by atoms with E-state index in [1.54, 1.807) is 0 Å². The highest BCUT2D eigenvalue weighted by molar-refractivity contribution is 5.36. The number of nitro groups is 1. The highest BCUT2D eigenvalue weighted by Gasteiger charge is 2.49. The maximum atomic E-state index is 10.8. The molecule has 19 heteroatoms. The molecule has 3 heterocycles. The predicted octanol–water partition coefficient (Wildman–Crippen LogP) is -5.58. The van der Waals surface area contributed by atoms with Crippen molar-refractivity contribution < 1.29 is 84.4 Å². The summed E-state index contributed by atoms with van der Waals surface area (Å²) in [5.41, 5.74) is -0.227. The van der Waals surface area contributed by atoms with Crippen molar-refractivity contribution in [3.05, 3.63) is 34.4 Å². The van der Waals surface area contributed by atoms with Gasteiger partial charge in [0.1, 0.15) is 79.0 Å². The molecule has 1 aromatic rings. The van der Waals surface area contributed by atoms with Crippen LogP contribution in [0.5, 0.6) is 5.75 Å². The lowest BCUT2D eigenvalue weighted by atomic mass is 9.98. The first-order valence-corrected chi connectivity index (χ1v) is 13.2. The SMILES string of the molecule is O=[N+]([O-])c1ccc(O[C@H]2O[C@H](CO[C@@H]3O[C@H](CO[C@@H]4O[C@H](CO)[C@H](O)[C@H](O)[C@H]4O)[C@H](O)[C@H](O)[C@H]3O)[C@H](O)[C@H](O)[C@H]2O)cc1. The number of benzene rings is 1. The van der Waals surface area contributed by atoms with E-state index < -0.39 is 117 Å². The number of aliphatic hydroxyl groups excluding tert-OH is 10. The van der Waals surface area contributed by atoms with E-state index >= 15 is 0 Å². The van der Waals surface area contributed by atoms with E-state index in [0.29, 0.717) is 0 Å². The Hall–Kier alpha value is -2.18. The fourth-order valence-corrected chi connectivity index (χ4v) is 4.71. The largest absolute Gasteiger partial charge is 0.462 e. The van der Waals surface area contributed by atoms with Crippen LogP contribution in [-0.2, 0) is 23.7 Å². The first-order valence-electron chi connectivity index (χ1n) is 13.2. The first-order chi connectivity index (χ1) is 20.3. The molecular formula is C24H35NO18. The Morgan fingerprint density at radius 3 is 1.44 bits per heavy atom. The standard InChI is InChI=1S/C24H35NO18/c26-5-10-13(27)16(30)19(33)22(41-10)38-6-11-14(28)17(31)20(34)23(42-11)39-7-12-15(29)18(32)21(35)24(43-12)40-9-3-1-8(2-4-9)25(36)37/h1-4,10-24,26-35H,5-7H2/t10-,11-,12-,13+,14+,15+,16+,17+,18+,19-,20-,21-,22-,23-,24+/m1/s1. The lowest BCUT2D eigenvalue weighted by molar-refractivity contribution is -0.384. The molecule has 0 bridgehead atoms. The van der Waals surface area contributed by atoms with Gasteiger partial charge in [-0.3, -0.25) is 10.1 Å². The maximum absolute atomic E-state index is 10.8. The van der Waals surface area contributed by atoms with Crippen LogP contribution >= 0.6 is 0 Å². The molecule has 3 aliphatic heterocycles. The summed E-state index contributed by atoms with van der Waals surface area (Å²) in [6.07, 6.45) is -24.7. The molecule has 244 valence electrons. The van der Waals surface area contributed by atoms with E-state index in [1.165, 1.54) is 12.1 Å². The number of hydrogen-bond donors (Lipinski definition) is 10. The Morgan fingerprint density at radius 1 is 0.605 bits per heavy atom. The van der Waals surface area contributed by atoms with Crippen LogP contribution in [0.1, 0.15) is 0 Å². The van der Waals surface area contributed by atoms with Gasteiger partial charge >= 0.3 is 0 Å². The number of nitro benzene ring substituents is 1. The molecule has 4 rings (SSSR count). The van der Waals surface area contributed by atoms with Gasteiger partial charge in [0, 0.05) is 12.1 Å². The van der Waals surface area contributed by atoms with Gasteiger partial charge in [-0.05, 0) is 12.1 Å². The molecule has 0 aliphatic carbocycles. The minimum absolute atomic E-state index is 0.0308. The van der Waals surface area contributed by atoms with Crippen molar-refractivity contribution in [1.82, 2.24) is 0 Å². The number of ether oxygens (including phenoxy) is 6. The highest BCUT2D eigenvalue weighted by atomic mass is 16.7. The summed E-state index contributed by atoms with van der Waals surface area (Å²) in [6, 6.07) is 4.72. The molecule has 43 heavy (non-hydrogen) atoms. The van der Waals surface area contributed by atoms with Crippen molar-refractivity contribution in [3.63, 3.8) is 0 Å². The molecule has 0 spiro atoms. The Kier molecular flexibility index (Phi) is 11.2. The fraction of sp³-hybridized carbons (Fsp3) is 0.750. The molecular weight excluding hydrogens is 590 g/mol. The second-order valence-electron chi connectivity index (χ2n) is 10.3. The molecule has 10 N–H and O–H groups in total. The Bertz CT molecular complexity index is 1050. The van der Waals surface area contributed by atoms with Crippen molar-refractivity contribution >= 4 is 5.69 Å². The zero-order valence-electron chi connectivity index (χ0n) is 22.3. The van der Waals surface area contributed by atoms with Gasteiger partial charge in [0.05, 0.1) is 24.7 Å². The van der Waals surface area contributed by atoms with Gasteiger partial charge in [-0.15, -0.1) is 0 Å². The summed E-state index contributed by atoms with van der Waals surface area (Å²) in [5.74, 6) is 0.0308. The smallest absolute Gasteiger partial charge is 0.269 e. The molecule has 19 nitrogen and oxygen atoms in total. The van der Waals surface area contributed by atoms with Gasteiger partial charge in [0.25, 0.3) is 5.69 Å². The zero-order chi connectivity index (χ0) is 31.6.